The molecular formula is C13H18N2O2S. The number of nitrogens with zero attached hydrogens (tertiary/aromatic N) is 1. The highest BCUT2D eigenvalue weighted by Crippen LogP contribution is 2.15. The zero-order chi connectivity index (χ0) is 13.0. The first kappa shape index (κ1) is 13.3. The van der Waals surface area contributed by atoms with Crippen molar-refractivity contribution in [2.24, 2.45) is 0 Å². The zero-order valence-corrected chi connectivity index (χ0v) is 11.2. The minimum absolute atomic E-state index is 0.0768. The molecule has 5 heteroatoms. The SMILES string of the molecule is C/C=C/C1CCN(Cc2ccccc2)S(=O)(=O)N1. The van der Waals surface area contributed by atoms with Crippen LogP contribution >= 0.6 is 0 Å². The maximum atomic E-state index is 12.1. The highest BCUT2D eigenvalue weighted by atomic mass is 32.2. The third-order valence-corrected chi connectivity index (χ3v) is 4.55. The molecule has 1 aliphatic heterocycles. The van der Waals surface area contributed by atoms with Crippen molar-refractivity contribution in [3.8, 4) is 0 Å². The average Bonchev–Trinajstić information content (AvgIpc) is 2.34. The van der Waals surface area contributed by atoms with E-state index in [1.165, 1.54) is 4.31 Å². The van der Waals surface area contributed by atoms with Crippen LogP contribution in [0.1, 0.15) is 18.9 Å². The molecule has 0 bridgehead atoms. The van der Waals surface area contributed by atoms with Crippen molar-refractivity contribution >= 4 is 10.2 Å². The van der Waals surface area contributed by atoms with Gasteiger partial charge in [-0.25, -0.2) is 0 Å². The van der Waals surface area contributed by atoms with Crippen molar-refractivity contribution in [2.75, 3.05) is 6.54 Å². The second kappa shape index (κ2) is 5.65. The topological polar surface area (TPSA) is 49.4 Å². The van der Waals surface area contributed by atoms with Gasteiger partial charge < -0.3 is 0 Å². The number of nitrogens with one attached hydrogen (secondary N) is 1. The summed E-state index contributed by atoms with van der Waals surface area (Å²) in [6.45, 7) is 2.88. The normalized spacial score (nSPS) is 24.4. The molecule has 0 aliphatic carbocycles. The molecule has 0 amide bonds. The molecule has 1 heterocycles. The lowest BCUT2D eigenvalue weighted by molar-refractivity contribution is 0.351. The number of hydrogen-bond donors (Lipinski definition) is 1. The van der Waals surface area contributed by atoms with E-state index in [9.17, 15) is 8.42 Å². The third kappa shape index (κ3) is 3.19. The Hall–Kier alpha value is -1.17. The number of allylic oxidation sites excluding steroid dienone is 1. The summed E-state index contributed by atoms with van der Waals surface area (Å²) in [5.74, 6) is 0. The van der Waals surface area contributed by atoms with Crippen molar-refractivity contribution in [3.05, 3.63) is 48.0 Å². The van der Waals surface area contributed by atoms with Gasteiger partial charge in [-0.3, -0.25) is 0 Å². The van der Waals surface area contributed by atoms with Crippen LogP contribution in [0.3, 0.4) is 0 Å². The van der Waals surface area contributed by atoms with Crippen molar-refractivity contribution in [1.82, 2.24) is 9.03 Å². The summed E-state index contributed by atoms with van der Waals surface area (Å²) in [5, 5.41) is 0. The Labute approximate surface area is 108 Å². The van der Waals surface area contributed by atoms with Crippen LogP contribution in [0.4, 0.5) is 0 Å². The molecule has 1 unspecified atom stereocenters. The molecule has 1 fully saturated rings. The zero-order valence-electron chi connectivity index (χ0n) is 10.4. The molecule has 1 saturated heterocycles. The molecule has 1 aromatic rings. The van der Waals surface area contributed by atoms with Crippen LogP contribution in [0, 0.1) is 0 Å². The van der Waals surface area contributed by atoms with Gasteiger partial charge in [-0.2, -0.15) is 17.4 Å². The quantitative estimate of drug-likeness (QED) is 0.846. The smallest absolute Gasteiger partial charge is 0.195 e. The lowest BCUT2D eigenvalue weighted by Gasteiger charge is -2.31. The summed E-state index contributed by atoms with van der Waals surface area (Å²) >= 11 is 0. The van der Waals surface area contributed by atoms with Crippen molar-refractivity contribution in [2.45, 2.75) is 25.9 Å². The molecule has 1 atom stereocenters. The largest absolute Gasteiger partial charge is 0.280 e. The number of rotatable bonds is 3. The lowest BCUT2D eigenvalue weighted by atomic mass is 10.2. The van der Waals surface area contributed by atoms with Crippen molar-refractivity contribution in [1.29, 1.82) is 0 Å². The average molecular weight is 266 g/mol. The molecule has 1 N–H and O–H groups in total. The van der Waals surface area contributed by atoms with Gasteiger partial charge in [-0.15, -0.1) is 0 Å². The summed E-state index contributed by atoms with van der Waals surface area (Å²) in [5.41, 5.74) is 1.01. The second-order valence-electron chi connectivity index (χ2n) is 4.36. The maximum absolute atomic E-state index is 12.1. The van der Waals surface area contributed by atoms with Crippen LogP contribution in [0.2, 0.25) is 0 Å². The van der Waals surface area contributed by atoms with Crippen molar-refractivity contribution < 1.29 is 8.42 Å². The van der Waals surface area contributed by atoms with Gasteiger partial charge in [-0.1, -0.05) is 42.5 Å². The molecule has 18 heavy (non-hydrogen) atoms. The van der Waals surface area contributed by atoms with Gasteiger partial charge in [0.2, 0.25) is 0 Å². The highest BCUT2D eigenvalue weighted by molar-refractivity contribution is 7.87. The molecule has 0 aromatic heterocycles. The molecular weight excluding hydrogens is 248 g/mol. The number of benzene rings is 1. The summed E-state index contributed by atoms with van der Waals surface area (Å²) in [7, 11) is -3.36. The van der Waals surface area contributed by atoms with E-state index in [1.54, 1.807) is 0 Å². The maximum Gasteiger partial charge on any atom is 0.280 e. The van der Waals surface area contributed by atoms with Crippen LogP contribution in [0.15, 0.2) is 42.5 Å². The summed E-state index contributed by atoms with van der Waals surface area (Å²) in [6, 6.07) is 9.56. The van der Waals surface area contributed by atoms with Crippen LogP contribution in [0.25, 0.3) is 0 Å². The minimum Gasteiger partial charge on any atom is -0.195 e. The summed E-state index contributed by atoms with van der Waals surface area (Å²) in [6.07, 6.45) is 4.56. The van der Waals surface area contributed by atoms with Gasteiger partial charge in [0.15, 0.2) is 0 Å². The molecule has 0 saturated carbocycles. The van der Waals surface area contributed by atoms with Gasteiger partial charge >= 0.3 is 0 Å². The summed E-state index contributed by atoms with van der Waals surface area (Å²) in [4.78, 5) is 0. The van der Waals surface area contributed by atoms with E-state index >= 15 is 0 Å². The predicted octanol–water partition coefficient (Wildman–Crippen LogP) is 1.67. The van der Waals surface area contributed by atoms with E-state index in [4.69, 9.17) is 0 Å². The first-order chi connectivity index (χ1) is 8.62. The monoisotopic (exact) mass is 266 g/mol. The van der Waals surface area contributed by atoms with Crippen LogP contribution in [-0.2, 0) is 16.8 Å². The summed E-state index contributed by atoms with van der Waals surface area (Å²) < 4.78 is 28.3. The first-order valence-electron chi connectivity index (χ1n) is 6.06. The Kier molecular flexibility index (Phi) is 4.16. The van der Waals surface area contributed by atoms with Gasteiger partial charge in [-0.05, 0) is 18.9 Å². The molecule has 2 rings (SSSR count). The fourth-order valence-electron chi connectivity index (χ4n) is 2.05. The lowest BCUT2D eigenvalue weighted by Crippen LogP contribution is -2.50. The molecule has 1 aromatic carbocycles. The Morgan fingerprint density at radius 2 is 2.11 bits per heavy atom. The number of hydrogen-bond acceptors (Lipinski definition) is 2. The van der Waals surface area contributed by atoms with Gasteiger partial charge in [0, 0.05) is 19.1 Å². The van der Waals surface area contributed by atoms with E-state index in [0.717, 1.165) is 12.0 Å². The van der Waals surface area contributed by atoms with Crippen LogP contribution in [-0.4, -0.2) is 25.3 Å². The van der Waals surface area contributed by atoms with E-state index in [2.05, 4.69) is 4.72 Å². The second-order valence-corrected chi connectivity index (χ2v) is 6.07. The van der Waals surface area contributed by atoms with Gasteiger partial charge in [0.1, 0.15) is 0 Å². The van der Waals surface area contributed by atoms with E-state index in [-0.39, 0.29) is 6.04 Å². The highest BCUT2D eigenvalue weighted by Gasteiger charge is 2.29. The first-order valence-corrected chi connectivity index (χ1v) is 7.50. The molecule has 4 nitrogen and oxygen atoms in total. The molecule has 0 radical (unpaired) electrons. The fraction of sp³-hybridized carbons (Fsp3) is 0.385. The van der Waals surface area contributed by atoms with Crippen molar-refractivity contribution in [3.63, 3.8) is 0 Å². The third-order valence-electron chi connectivity index (χ3n) is 2.96. The predicted molar refractivity (Wildman–Crippen MR) is 72.1 cm³/mol. The van der Waals surface area contributed by atoms with Gasteiger partial charge in [0.05, 0.1) is 0 Å². The molecule has 98 valence electrons. The van der Waals surface area contributed by atoms with E-state index < -0.39 is 10.2 Å². The minimum atomic E-state index is -3.36. The van der Waals surface area contributed by atoms with E-state index in [0.29, 0.717) is 13.1 Å². The standard InChI is InChI=1S/C13H18N2O2S/c1-2-6-13-9-10-15(18(16,17)14-13)11-12-7-4-3-5-8-12/h2-8,13-14H,9-11H2,1H3/b6-2+. The van der Waals surface area contributed by atoms with Gasteiger partial charge in [0.25, 0.3) is 10.2 Å². The van der Waals surface area contributed by atoms with E-state index in [1.807, 2.05) is 49.4 Å². The Morgan fingerprint density at radius 1 is 1.39 bits per heavy atom. The molecule has 1 aliphatic rings. The Morgan fingerprint density at radius 3 is 2.72 bits per heavy atom. The van der Waals surface area contributed by atoms with Crippen LogP contribution < -0.4 is 4.72 Å². The Bertz CT molecular complexity index is 511. The Balaban J connectivity index is 2.07. The fourth-order valence-corrected chi connectivity index (χ4v) is 3.44. The van der Waals surface area contributed by atoms with Crippen LogP contribution in [0.5, 0.6) is 0 Å². The molecule has 0 spiro atoms.